The van der Waals surface area contributed by atoms with Crippen LogP contribution in [0, 0.1) is 5.82 Å². The molecule has 1 amide bonds. The Morgan fingerprint density at radius 3 is 2.93 bits per heavy atom. The van der Waals surface area contributed by atoms with Crippen molar-refractivity contribution in [1.29, 1.82) is 0 Å². The van der Waals surface area contributed by atoms with E-state index in [1.54, 1.807) is 24.3 Å². The molecule has 0 saturated carbocycles. The Hall–Kier alpha value is -3.88. The van der Waals surface area contributed by atoms with Gasteiger partial charge in [0.1, 0.15) is 11.5 Å². The number of methoxy groups -OCH3 is 1. The van der Waals surface area contributed by atoms with Crippen molar-refractivity contribution in [1.82, 2.24) is 15.0 Å². The van der Waals surface area contributed by atoms with Crippen LogP contribution in [0.2, 0.25) is 0 Å². The van der Waals surface area contributed by atoms with Gasteiger partial charge in [0, 0.05) is 11.3 Å². The predicted octanol–water partition coefficient (Wildman–Crippen LogP) is 2.51. The third-order valence-corrected chi connectivity index (χ3v) is 4.04. The van der Waals surface area contributed by atoms with Gasteiger partial charge >= 0.3 is 0 Å². The number of benzene rings is 2. The van der Waals surface area contributed by atoms with Crippen LogP contribution in [0.3, 0.4) is 0 Å². The summed E-state index contributed by atoms with van der Waals surface area (Å²) >= 11 is 0. The molecule has 4 rings (SSSR count). The Kier molecular flexibility index (Phi) is 4.63. The maximum Gasteiger partial charge on any atom is 0.289 e. The number of carbonyl (C=O) groups is 1. The number of halogens is 1. The van der Waals surface area contributed by atoms with Crippen LogP contribution in [0.4, 0.5) is 4.39 Å². The molecule has 0 unspecified atom stereocenters. The second-order valence-corrected chi connectivity index (χ2v) is 5.78. The highest BCUT2D eigenvalue weighted by atomic mass is 19.1. The molecule has 142 valence electrons. The van der Waals surface area contributed by atoms with Gasteiger partial charge in [-0.05, 0) is 36.4 Å². The van der Waals surface area contributed by atoms with Gasteiger partial charge < -0.3 is 14.2 Å². The fourth-order valence-electron chi connectivity index (χ4n) is 2.72. The second-order valence-electron chi connectivity index (χ2n) is 5.78. The Labute approximate surface area is 159 Å². The molecule has 9 heteroatoms. The average molecular weight is 382 g/mol. The number of rotatable bonds is 5. The number of ether oxygens (including phenoxy) is 3. The summed E-state index contributed by atoms with van der Waals surface area (Å²) in [6, 6.07) is 9.16. The van der Waals surface area contributed by atoms with Gasteiger partial charge in [-0.2, -0.15) is 5.10 Å². The standard InChI is InChI=1S/C19H15FN4O4/c1-26-16-6-12(7-17-18(16)28-11-27-17)8-22-23-19(25)15-9-21-10-24(15)14-4-2-13(20)3-5-14/h2-10H,11H2,1H3,(H,23,25). The number of imidazole rings is 1. The molecule has 0 radical (unpaired) electrons. The van der Waals surface area contributed by atoms with Crippen LogP contribution >= 0.6 is 0 Å². The highest BCUT2D eigenvalue weighted by Gasteiger charge is 2.19. The monoisotopic (exact) mass is 382 g/mol. The largest absolute Gasteiger partial charge is 0.493 e. The molecule has 3 aromatic rings. The summed E-state index contributed by atoms with van der Waals surface area (Å²) in [7, 11) is 1.52. The van der Waals surface area contributed by atoms with Crippen molar-refractivity contribution >= 4 is 12.1 Å². The lowest BCUT2D eigenvalue weighted by molar-refractivity contribution is 0.0948. The Morgan fingerprint density at radius 2 is 2.14 bits per heavy atom. The summed E-state index contributed by atoms with van der Waals surface area (Å²) in [5.41, 5.74) is 3.97. The number of hydrogen-bond donors (Lipinski definition) is 1. The van der Waals surface area contributed by atoms with Crippen molar-refractivity contribution in [3.8, 4) is 22.9 Å². The van der Waals surface area contributed by atoms with Crippen LogP contribution in [0.15, 0.2) is 54.0 Å². The number of fused-ring (bicyclic) bond motifs is 1. The summed E-state index contributed by atoms with van der Waals surface area (Å²) in [5.74, 6) is 0.759. The number of hydrazone groups is 1. The summed E-state index contributed by atoms with van der Waals surface area (Å²) < 4.78 is 30.6. The van der Waals surface area contributed by atoms with E-state index in [4.69, 9.17) is 14.2 Å². The minimum Gasteiger partial charge on any atom is -0.493 e. The summed E-state index contributed by atoms with van der Waals surface area (Å²) in [6.07, 6.45) is 4.33. The van der Waals surface area contributed by atoms with Crippen LogP contribution in [0.25, 0.3) is 5.69 Å². The summed E-state index contributed by atoms with van der Waals surface area (Å²) in [5, 5.41) is 3.97. The number of aromatic nitrogens is 2. The zero-order valence-electron chi connectivity index (χ0n) is 14.8. The Balaban J connectivity index is 1.50. The van der Waals surface area contributed by atoms with E-state index in [1.165, 1.54) is 42.5 Å². The molecule has 0 aliphatic carbocycles. The third kappa shape index (κ3) is 3.37. The molecule has 0 bridgehead atoms. The van der Waals surface area contributed by atoms with E-state index in [9.17, 15) is 9.18 Å². The van der Waals surface area contributed by atoms with Crippen molar-refractivity contribution in [2.75, 3.05) is 13.9 Å². The Morgan fingerprint density at radius 1 is 1.32 bits per heavy atom. The number of hydrogen-bond acceptors (Lipinski definition) is 6. The molecule has 1 aromatic heterocycles. The van der Waals surface area contributed by atoms with Gasteiger partial charge in [0.15, 0.2) is 11.5 Å². The lowest BCUT2D eigenvalue weighted by atomic mass is 10.2. The number of nitrogens with one attached hydrogen (secondary N) is 1. The van der Waals surface area contributed by atoms with Crippen molar-refractivity contribution in [3.63, 3.8) is 0 Å². The summed E-state index contributed by atoms with van der Waals surface area (Å²) in [4.78, 5) is 16.4. The van der Waals surface area contributed by atoms with Crippen molar-refractivity contribution < 1.29 is 23.4 Å². The van der Waals surface area contributed by atoms with Gasteiger partial charge in [-0.25, -0.2) is 14.8 Å². The average Bonchev–Trinajstić information content (AvgIpc) is 3.37. The molecule has 1 aliphatic heterocycles. The molecule has 28 heavy (non-hydrogen) atoms. The molecule has 2 aromatic carbocycles. The van der Waals surface area contributed by atoms with Crippen molar-refractivity contribution in [2.45, 2.75) is 0 Å². The van der Waals surface area contributed by atoms with Crippen LogP contribution in [-0.4, -0.2) is 35.6 Å². The molecule has 0 atom stereocenters. The maximum atomic E-state index is 13.1. The van der Waals surface area contributed by atoms with Crippen LogP contribution < -0.4 is 19.6 Å². The lowest BCUT2D eigenvalue weighted by Crippen LogP contribution is -2.20. The normalized spacial score (nSPS) is 12.4. The molecule has 0 fully saturated rings. The molecular weight excluding hydrogens is 367 g/mol. The van der Waals surface area contributed by atoms with Crippen molar-refractivity contribution in [3.05, 3.63) is 66.0 Å². The van der Waals surface area contributed by atoms with Gasteiger partial charge in [-0.1, -0.05) is 0 Å². The molecule has 0 saturated heterocycles. The van der Waals surface area contributed by atoms with E-state index in [-0.39, 0.29) is 18.3 Å². The smallest absolute Gasteiger partial charge is 0.289 e. The molecular formula is C19H15FN4O4. The topological polar surface area (TPSA) is 87.0 Å². The molecule has 0 spiro atoms. The predicted molar refractivity (Wildman–Crippen MR) is 97.7 cm³/mol. The SMILES string of the molecule is COc1cc(C=NNC(=O)c2cncn2-c2ccc(F)cc2)cc2c1OCO2. The van der Waals surface area contributed by atoms with Crippen LogP contribution in [0.1, 0.15) is 16.1 Å². The lowest BCUT2D eigenvalue weighted by Gasteiger charge is -2.07. The van der Waals surface area contributed by atoms with E-state index in [2.05, 4.69) is 15.5 Å². The fraction of sp³-hybridized carbons (Fsp3) is 0.105. The third-order valence-electron chi connectivity index (χ3n) is 4.04. The van der Waals surface area contributed by atoms with Gasteiger partial charge in [-0.3, -0.25) is 9.36 Å². The van der Waals surface area contributed by atoms with Gasteiger partial charge in [0.25, 0.3) is 5.91 Å². The first-order valence-corrected chi connectivity index (χ1v) is 8.25. The zero-order valence-corrected chi connectivity index (χ0v) is 14.8. The van der Waals surface area contributed by atoms with Crippen LogP contribution in [0.5, 0.6) is 17.2 Å². The van der Waals surface area contributed by atoms with E-state index in [0.29, 0.717) is 28.5 Å². The van der Waals surface area contributed by atoms with E-state index in [0.717, 1.165) is 0 Å². The summed E-state index contributed by atoms with van der Waals surface area (Å²) in [6.45, 7) is 0.121. The van der Waals surface area contributed by atoms with Gasteiger partial charge in [0.05, 0.1) is 25.8 Å². The first-order chi connectivity index (χ1) is 13.7. The second kappa shape index (κ2) is 7.39. The molecule has 1 N–H and O–H groups in total. The minimum absolute atomic E-state index is 0.121. The minimum atomic E-state index is -0.467. The molecule has 1 aliphatic rings. The quantitative estimate of drug-likeness (QED) is 0.541. The van der Waals surface area contributed by atoms with Gasteiger partial charge in [-0.15, -0.1) is 0 Å². The van der Waals surface area contributed by atoms with E-state index >= 15 is 0 Å². The van der Waals surface area contributed by atoms with E-state index in [1.807, 2.05) is 0 Å². The maximum absolute atomic E-state index is 13.1. The highest BCUT2D eigenvalue weighted by molar-refractivity contribution is 5.94. The van der Waals surface area contributed by atoms with E-state index < -0.39 is 5.91 Å². The molecule has 2 heterocycles. The number of amides is 1. The number of carbonyl (C=O) groups excluding carboxylic acids is 1. The zero-order chi connectivity index (χ0) is 19.5. The number of nitrogens with zero attached hydrogens (tertiary/aromatic N) is 3. The molecule has 8 nitrogen and oxygen atoms in total. The van der Waals surface area contributed by atoms with Gasteiger partial charge in [0.2, 0.25) is 12.5 Å². The Bertz CT molecular complexity index is 1050. The first kappa shape index (κ1) is 17.5. The fourth-order valence-corrected chi connectivity index (χ4v) is 2.72. The van der Waals surface area contributed by atoms with Crippen molar-refractivity contribution in [2.24, 2.45) is 5.10 Å². The van der Waals surface area contributed by atoms with Crippen LogP contribution in [-0.2, 0) is 0 Å². The highest BCUT2D eigenvalue weighted by Crippen LogP contribution is 2.41. The first-order valence-electron chi connectivity index (χ1n) is 8.25.